The van der Waals surface area contributed by atoms with Crippen molar-refractivity contribution in [3.63, 3.8) is 0 Å². The molecule has 270 valence electrons. The van der Waals surface area contributed by atoms with Crippen LogP contribution in [-0.4, -0.2) is 34.9 Å². The Morgan fingerprint density at radius 2 is 0.917 bits per heavy atom. The van der Waals surface area contributed by atoms with Crippen LogP contribution < -0.4 is 5.32 Å². The van der Waals surface area contributed by atoms with E-state index in [4.69, 9.17) is 0 Å². The highest BCUT2D eigenvalue weighted by atomic mass is 16.3. The summed E-state index contributed by atoms with van der Waals surface area (Å²) in [6, 6.07) is -0.640. The molecule has 0 fully saturated rings. The van der Waals surface area contributed by atoms with Crippen molar-refractivity contribution in [2.75, 3.05) is 6.61 Å². The molecule has 0 radical (unpaired) electrons. The van der Waals surface area contributed by atoms with Gasteiger partial charge in [0.05, 0.1) is 18.8 Å². The lowest BCUT2D eigenvalue weighted by atomic mass is 10.1. The van der Waals surface area contributed by atoms with Crippen LogP contribution in [0.15, 0.2) is 109 Å². The van der Waals surface area contributed by atoms with Crippen LogP contribution in [0.25, 0.3) is 0 Å². The number of aliphatic hydroxyl groups is 2. The largest absolute Gasteiger partial charge is 0.394 e. The summed E-state index contributed by atoms with van der Waals surface area (Å²) >= 11 is 0. The molecule has 0 spiro atoms. The molecule has 4 nitrogen and oxygen atoms in total. The first kappa shape index (κ1) is 45.0. The van der Waals surface area contributed by atoms with Gasteiger partial charge < -0.3 is 15.5 Å². The topological polar surface area (TPSA) is 69.6 Å². The van der Waals surface area contributed by atoms with E-state index >= 15 is 0 Å². The molecule has 0 aromatic rings. The summed E-state index contributed by atoms with van der Waals surface area (Å²) in [5, 5.41) is 22.7. The van der Waals surface area contributed by atoms with Crippen LogP contribution in [0.4, 0.5) is 0 Å². The summed E-state index contributed by atoms with van der Waals surface area (Å²) in [6.07, 6.45) is 59.0. The first-order valence-electron chi connectivity index (χ1n) is 19.1. The van der Waals surface area contributed by atoms with E-state index in [1.807, 2.05) is 6.08 Å². The van der Waals surface area contributed by atoms with Crippen molar-refractivity contribution in [2.24, 2.45) is 0 Å². The maximum absolute atomic E-state index is 12.3. The number of aliphatic hydroxyl groups excluding tert-OH is 2. The third-order valence-electron chi connectivity index (χ3n) is 7.76. The molecule has 0 bridgehead atoms. The van der Waals surface area contributed by atoms with Crippen molar-refractivity contribution in [3.8, 4) is 0 Å². The molecule has 0 aliphatic rings. The number of carbonyl (C=O) groups excluding carboxylic acids is 1. The summed E-state index contributed by atoms with van der Waals surface area (Å²) in [5.74, 6) is -0.100. The average Bonchev–Trinajstić information content (AvgIpc) is 3.09. The van der Waals surface area contributed by atoms with E-state index in [-0.39, 0.29) is 12.5 Å². The zero-order chi connectivity index (χ0) is 35.0. The number of carbonyl (C=O) groups is 1. The van der Waals surface area contributed by atoms with Gasteiger partial charge >= 0.3 is 0 Å². The van der Waals surface area contributed by atoms with Gasteiger partial charge in [0.1, 0.15) is 0 Å². The van der Waals surface area contributed by atoms with E-state index in [0.717, 1.165) is 96.3 Å². The molecule has 4 heteroatoms. The predicted octanol–water partition coefficient (Wildman–Crippen LogP) is 11.7. The first-order chi connectivity index (χ1) is 23.7. The van der Waals surface area contributed by atoms with E-state index in [1.54, 1.807) is 6.08 Å². The number of rotatable bonds is 32. The zero-order valence-corrected chi connectivity index (χ0v) is 30.7. The van der Waals surface area contributed by atoms with Gasteiger partial charge in [-0.15, -0.1) is 0 Å². The SMILES string of the molecule is CC/C=C\C/C=C\C/C=C\C/C=C\C/C=C\C/C=C\C/C=C\C/C=C\CCCCCCC(=O)NC(CO)C(O)/C=C/CCCCCCC. The van der Waals surface area contributed by atoms with Gasteiger partial charge in [-0.05, 0) is 83.5 Å². The summed E-state index contributed by atoms with van der Waals surface area (Å²) in [4.78, 5) is 12.3. The molecular weight excluding hydrogens is 590 g/mol. The van der Waals surface area contributed by atoms with E-state index < -0.39 is 12.1 Å². The van der Waals surface area contributed by atoms with Crippen LogP contribution in [0.3, 0.4) is 0 Å². The van der Waals surface area contributed by atoms with Crippen LogP contribution in [0.1, 0.15) is 142 Å². The Morgan fingerprint density at radius 1 is 0.521 bits per heavy atom. The lowest BCUT2D eigenvalue weighted by Crippen LogP contribution is -2.45. The highest BCUT2D eigenvalue weighted by Crippen LogP contribution is 2.09. The van der Waals surface area contributed by atoms with Crippen LogP contribution >= 0.6 is 0 Å². The van der Waals surface area contributed by atoms with Crippen LogP contribution in [0, 0.1) is 0 Å². The van der Waals surface area contributed by atoms with Crippen molar-refractivity contribution in [3.05, 3.63) is 109 Å². The van der Waals surface area contributed by atoms with Gasteiger partial charge in [0.25, 0.3) is 0 Å². The van der Waals surface area contributed by atoms with Gasteiger partial charge in [0, 0.05) is 6.42 Å². The minimum absolute atomic E-state index is 0.100. The normalized spacial score (nSPS) is 14.3. The molecule has 0 rings (SSSR count). The van der Waals surface area contributed by atoms with Crippen molar-refractivity contribution >= 4 is 5.91 Å². The Kier molecular flexibility index (Phi) is 36.1. The molecule has 0 aliphatic heterocycles. The first-order valence-corrected chi connectivity index (χ1v) is 19.1. The quantitative estimate of drug-likeness (QED) is 0.0496. The minimum Gasteiger partial charge on any atom is -0.394 e. The average molecular weight is 662 g/mol. The van der Waals surface area contributed by atoms with Crippen LogP contribution in [0.2, 0.25) is 0 Å². The van der Waals surface area contributed by atoms with Gasteiger partial charge in [-0.2, -0.15) is 0 Å². The predicted molar refractivity (Wildman–Crippen MR) is 211 cm³/mol. The fraction of sp³-hybridized carbons (Fsp3) is 0.568. The van der Waals surface area contributed by atoms with Crippen molar-refractivity contribution < 1.29 is 15.0 Å². The highest BCUT2D eigenvalue weighted by Gasteiger charge is 2.17. The van der Waals surface area contributed by atoms with Crippen LogP contribution in [0.5, 0.6) is 0 Å². The third kappa shape index (κ3) is 34.4. The minimum atomic E-state index is -0.854. The number of unbranched alkanes of at least 4 members (excludes halogenated alkanes) is 9. The summed E-state index contributed by atoms with van der Waals surface area (Å²) in [6.45, 7) is 4.10. The number of hydrogen-bond acceptors (Lipinski definition) is 3. The van der Waals surface area contributed by atoms with Gasteiger partial charge in [-0.25, -0.2) is 0 Å². The highest BCUT2D eigenvalue weighted by molar-refractivity contribution is 5.76. The second-order valence-corrected chi connectivity index (χ2v) is 12.3. The Morgan fingerprint density at radius 3 is 1.35 bits per heavy atom. The molecule has 0 heterocycles. The van der Waals surface area contributed by atoms with Crippen molar-refractivity contribution in [1.29, 1.82) is 0 Å². The van der Waals surface area contributed by atoms with Crippen molar-refractivity contribution in [2.45, 2.75) is 154 Å². The fourth-order valence-corrected chi connectivity index (χ4v) is 4.84. The molecule has 0 aromatic heterocycles. The number of nitrogens with one attached hydrogen (secondary N) is 1. The summed E-state index contributed by atoms with van der Waals surface area (Å²) < 4.78 is 0. The number of hydrogen-bond donors (Lipinski definition) is 3. The maximum atomic E-state index is 12.3. The zero-order valence-electron chi connectivity index (χ0n) is 30.7. The van der Waals surface area contributed by atoms with E-state index in [9.17, 15) is 15.0 Å². The Bertz CT molecular complexity index is 979. The fourth-order valence-electron chi connectivity index (χ4n) is 4.84. The number of amides is 1. The molecule has 2 atom stereocenters. The molecule has 48 heavy (non-hydrogen) atoms. The lowest BCUT2D eigenvalue weighted by molar-refractivity contribution is -0.123. The van der Waals surface area contributed by atoms with Gasteiger partial charge in [0.2, 0.25) is 5.91 Å². The molecule has 0 saturated carbocycles. The molecule has 0 aromatic carbocycles. The Hall–Kier alpha value is -2.95. The van der Waals surface area contributed by atoms with E-state index in [2.05, 4.69) is 116 Å². The van der Waals surface area contributed by atoms with Crippen molar-refractivity contribution in [1.82, 2.24) is 5.32 Å². The van der Waals surface area contributed by atoms with E-state index in [0.29, 0.717) is 6.42 Å². The molecule has 0 saturated heterocycles. The molecule has 0 aliphatic carbocycles. The van der Waals surface area contributed by atoms with Gasteiger partial charge in [0.15, 0.2) is 0 Å². The Labute approximate surface area is 296 Å². The number of allylic oxidation sites excluding steroid dienone is 17. The monoisotopic (exact) mass is 662 g/mol. The maximum Gasteiger partial charge on any atom is 0.220 e. The standard InChI is InChI=1S/C44H71NO3/c1-3-5-7-9-11-12-13-14-15-16-17-18-19-20-21-22-23-24-25-26-27-28-29-30-31-32-34-36-38-40-44(48)45-42(41-46)43(47)39-37-35-33-10-8-6-4-2/h5,7,11-12,14-15,17-18,20-21,23-24,26-27,29-30,37,39,42-43,46-47H,3-4,6,8-10,13,16,19,22,25,28,31-36,38,40-41H2,1-2H3,(H,45,48)/b7-5-,12-11-,15-14-,18-17-,21-20-,24-23-,27-26-,30-29-,39-37+. The second-order valence-electron chi connectivity index (χ2n) is 12.3. The summed E-state index contributed by atoms with van der Waals surface area (Å²) in [7, 11) is 0. The second kappa shape index (κ2) is 38.5. The molecule has 1 amide bonds. The van der Waals surface area contributed by atoms with Gasteiger partial charge in [-0.3, -0.25) is 4.79 Å². The third-order valence-corrected chi connectivity index (χ3v) is 7.76. The molecule has 3 N–H and O–H groups in total. The Balaban J connectivity index is 3.72. The van der Waals surface area contributed by atoms with Gasteiger partial charge in [-0.1, -0.05) is 162 Å². The molecule has 2 unspecified atom stereocenters. The van der Waals surface area contributed by atoms with Crippen LogP contribution in [-0.2, 0) is 4.79 Å². The van der Waals surface area contributed by atoms with E-state index in [1.165, 1.54) is 25.7 Å². The summed E-state index contributed by atoms with van der Waals surface area (Å²) in [5.41, 5.74) is 0. The lowest BCUT2D eigenvalue weighted by Gasteiger charge is -2.20. The smallest absolute Gasteiger partial charge is 0.220 e. The molecular formula is C44H71NO3.